The zero-order valence-corrected chi connectivity index (χ0v) is 34.4. The molecular formula is C42H56O14. The predicted octanol–water partition coefficient (Wildman–Crippen LogP) is 5.40. The molecule has 1 aromatic rings. The number of esters is 6. The van der Waals surface area contributed by atoms with Gasteiger partial charge in [0, 0.05) is 60.8 Å². The van der Waals surface area contributed by atoms with Crippen molar-refractivity contribution in [3.05, 3.63) is 35.8 Å². The minimum Gasteiger partial charge on any atom is -0.472 e. The zero-order valence-electron chi connectivity index (χ0n) is 34.4. The number of furan rings is 1. The number of ether oxygens (including phenoxy) is 7. The molecular weight excluding hydrogens is 728 g/mol. The molecule has 5 aliphatic rings. The topological polar surface area (TPSA) is 183 Å². The van der Waals surface area contributed by atoms with Gasteiger partial charge in [-0.1, -0.05) is 40.7 Å². The Labute approximate surface area is 327 Å². The van der Waals surface area contributed by atoms with Gasteiger partial charge in [-0.05, 0) is 51.2 Å². The summed E-state index contributed by atoms with van der Waals surface area (Å²) in [7, 11) is 1.24. The Bertz CT molecular complexity index is 1820. The lowest BCUT2D eigenvalue weighted by Crippen LogP contribution is -2.81. The fraction of sp³-hybridized carbons (Fsp3) is 0.714. The molecule has 1 saturated heterocycles. The van der Waals surface area contributed by atoms with Gasteiger partial charge in [0.15, 0.2) is 0 Å². The Morgan fingerprint density at radius 2 is 1.43 bits per heavy atom. The minimum absolute atomic E-state index is 0.0105. The summed E-state index contributed by atoms with van der Waals surface area (Å²) in [5.74, 6) is -6.65. The molecule has 2 heterocycles. The second kappa shape index (κ2) is 14.0. The van der Waals surface area contributed by atoms with Crippen molar-refractivity contribution < 1.29 is 66.3 Å². The summed E-state index contributed by atoms with van der Waals surface area (Å²) < 4.78 is 49.8. The first-order valence-corrected chi connectivity index (χ1v) is 19.5. The van der Waals surface area contributed by atoms with E-state index in [0.717, 1.165) is 5.56 Å². The van der Waals surface area contributed by atoms with Crippen LogP contribution in [-0.2, 0) is 61.9 Å². The van der Waals surface area contributed by atoms with Gasteiger partial charge in [-0.3, -0.25) is 24.0 Å². The van der Waals surface area contributed by atoms with Crippen LogP contribution in [0.15, 0.2) is 34.7 Å². The molecule has 56 heavy (non-hydrogen) atoms. The van der Waals surface area contributed by atoms with Crippen LogP contribution in [-0.4, -0.2) is 85.2 Å². The number of carbonyl (C=O) groups excluding carboxylic acids is 6. The fourth-order valence-corrected chi connectivity index (χ4v) is 12.2. The van der Waals surface area contributed by atoms with Gasteiger partial charge in [-0.25, -0.2) is 4.79 Å². The van der Waals surface area contributed by atoms with E-state index >= 15 is 0 Å². The maximum Gasteiger partial charge on any atom is 0.333 e. The van der Waals surface area contributed by atoms with Crippen LogP contribution in [0.4, 0.5) is 0 Å². The smallest absolute Gasteiger partial charge is 0.333 e. The van der Waals surface area contributed by atoms with Crippen molar-refractivity contribution in [1.29, 1.82) is 0 Å². The first-order chi connectivity index (χ1) is 26.1. The van der Waals surface area contributed by atoms with Crippen LogP contribution in [0.25, 0.3) is 0 Å². The normalized spacial score (nSPS) is 42.2. The minimum atomic E-state index is -1.62. The molecule has 14 atom stereocenters. The van der Waals surface area contributed by atoms with E-state index in [9.17, 15) is 28.8 Å². The second-order valence-electron chi connectivity index (χ2n) is 17.5. The van der Waals surface area contributed by atoms with Crippen LogP contribution in [0.1, 0.15) is 107 Å². The molecule has 14 nitrogen and oxygen atoms in total. The maximum atomic E-state index is 14.3. The number of rotatable bonds is 9. The lowest BCUT2D eigenvalue weighted by Gasteiger charge is -2.72. The Morgan fingerprint density at radius 3 is 1.96 bits per heavy atom. The summed E-state index contributed by atoms with van der Waals surface area (Å²) in [6.07, 6.45) is -0.967. The van der Waals surface area contributed by atoms with E-state index in [1.54, 1.807) is 53.2 Å². The number of hydrogen-bond donors (Lipinski definition) is 0. The van der Waals surface area contributed by atoms with Crippen molar-refractivity contribution in [2.75, 3.05) is 7.11 Å². The number of methoxy groups -OCH3 is 1. The fourth-order valence-electron chi connectivity index (χ4n) is 12.2. The number of hydrogen-bond acceptors (Lipinski definition) is 14. The Kier molecular flexibility index (Phi) is 10.4. The lowest BCUT2D eigenvalue weighted by molar-refractivity contribution is -0.330. The van der Waals surface area contributed by atoms with Crippen molar-refractivity contribution in [2.24, 2.45) is 39.4 Å². The van der Waals surface area contributed by atoms with E-state index in [-0.39, 0.29) is 18.8 Å². The lowest BCUT2D eigenvalue weighted by atomic mass is 9.33. The highest BCUT2D eigenvalue weighted by Gasteiger charge is 2.93. The van der Waals surface area contributed by atoms with E-state index in [2.05, 4.69) is 0 Å². The van der Waals surface area contributed by atoms with Crippen molar-refractivity contribution in [3.8, 4) is 0 Å². The molecule has 0 unspecified atom stereocenters. The molecule has 6 rings (SSSR count). The molecule has 1 spiro atoms. The first kappa shape index (κ1) is 41.4. The molecule has 0 radical (unpaired) electrons. The van der Waals surface area contributed by atoms with Gasteiger partial charge in [-0.15, -0.1) is 0 Å². The van der Waals surface area contributed by atoms with Gasteiger partial charge < -0.3 is 37.6 Å². The number of allylic oxidation sites excluding steroid dienone is 1. The van der Waals surface area contributed by atoms with Crippen LogP contribution in [0.5, 0.6) is 0 Å². The van der Waals surface area contributed by atoms with Gasteiger partial charge in [0.2, 0.25) is 0 Å². The average Bonchev–Trinajstić information content (AvgIpc) is 3.47. The van der Waals surface area contributed by atoms with Gasteiger partial charge in [-0.2, -0.15) is 0 Å². The molecule has 1 aromatic heterocycles. The quantitative estimate of drug-likeness (QED) is 0.134. The molecule has 0 N–H and O–H groups in total. The van der Waals surface area contributed by atoms with Crippen LogP contribution < -0.4 is 0 Å². The van der Waals surface area contributed by atoms with Crippen molar-refractivity contribution >= 4 is 35.8 Å². The van der Waals surface area contributed by atoms with Crippen LogP contribution in [0.2, 0.25) is 0 Å². The molecule has 308 valence electrons. The Morgan fingerprint density at radius 1 is 0.804 bits per heavy atom. The van der Waals surface area contributed by atoms with Crippen molar-refractivity contribution in [3.63, 3.8) is 0 Å². The molecule has 0 amide bonds. The van der Waals surface area contributed by atoms with E-state index in [1.165, 1.54) is 27.9 Å². The maximum absolute atomic E-state index is 14.3. The number of carbonyl (C=O) groups is 6. The summed E-state index contributed by atoms with van der Waals surface area (Å²) in [6.45, 7) is 17.9. The molecule has 14 heteroatoms. The third kappa shape index (κ3) is 5.58. The summed E-state index contributed by atoms with van der Waals surface area (Å²) in [4.78, 5) is 81.6. The van der Waals surface area contributed by atoms with Crippen LogP contribution >= 0.6 is 0 Å². The highest BCUT2D eigenvalue weighted by Crippen LogP contribution is 2.83. The third-order valence-corrected chi connectivity index (χ3v) is 14.6. The average molecular weight is 785 g/mol. The Balaban J connectivity index is 1.72. The first-order valence-electron chi connectivity index (χ1n) is 19.5. The summed E-state index contributed by atoms with van der Waals surface area (Å²) in [5, 5.41) is 0. The molecule has 4 aliphatic carbocycles. The zero-order chi connectivity index (χ0) is 41.5. The Hall–Kier alpha value is -4.20. The van der Waals surface area contributed by atoms with E-state index in [1.807, 2.05) is 26.8 Å². The SMILES string of the molecule is C/C=C(\C)C(=O)O[C@H]1C[C@@H](OC(C)=O)[C@@](C)(C(=O)OC)[C@@H]2C[C@@H](OC(C)=O)[C@]3(C)[C@H]([C@@H](OC(C)=O)[C@H](OC(=O)C(C)C)[C@@]4(C)[C@H](c5ccoc5)C[C@H]5O[C@@]534)[C@@]12C. The van der Waals surface area contributed by atoms with E-state index in [0.29, 0.717) is 12.0 Å². The highest BCUT2D eigenvalue weighted by molar-refractivity contribution is 5.88. The third-order valence-electron chi connectivity index (χ3n) is 14.6. The number of fused-ring (bicyclic) bond motifs is 3. The number of epoxide rings is 1. The van der Waals surface area contributed by atoms with Gasteiger partial charge in [0.05, 0.1) is 31.7 Å². The van der Waals surface area contributed by atoms with Crippen molar-refractivity contribution in [1.82, 2.24) is 0 Å². The summed E-state index contributed by atoms with van der Waals surface area (Å²) >= 11 is 0. The van der Waals surface area contributed by atoms with Gasteiger partial charge in [0.25, 0.3) is 0 Å². The van der Waals surface area contributed by atoms with Crippen LogP contribution in [0, 0.1) is 39.4 Å². The molecule has 1 aliphatic heterocycles. The highest BCUT2D eigenvalue weighted by atomic mass is 16.6. The van der Waals surface area contributed by atoms with Gasteiger partial charge >= 0.3 is 35.8 Å². The van der Waals surface area contributed by atoms with Crippen LogP contribution in [0.3, 0.4) is 0 Å². The monoisotopic (exact) mass is 784 g/mol. The molecule has 0 bridgehead atoms. The molecule has 4 saturated carbocycles. The molecule has 5 fully saturated rings. The molecule has 0 aromatic carbocycles. The van der Waals surface area contributed by atoms with E-state index < -0.39 is 117 Å². The van der Waals surface area contributed by atoms with Crippen molar-refractivity contribution in [2.45, 2.75) is 144 Å². The largest absolute Gasteiger partial charge is 0.472 e. The summed E-state index contributed by atoms with van der Waals surface area (Å²) in [5.41, 5.74) is -5.39. The van der Waals surface area contributed by atoms with Gasteiger partial charge in [0.1, 0.15) is 41.5 Å². The summed E-state index contributed by atoms with van der Waals surface area (Å²) in [6, 6.07) is 1.85. The van der Waals surface area contributed by atoms with E-state index in [4.69, 9.17) is 37.6 Å². The standard InChI is InChI=1S/C42H56O14/c1-13-21(4)36(47)54-28-18-29(51-22(5)43)39(9,37(48)49-12)27-17-30(52-23(6)44)41(11)33(38(27,28)8)32(53-24(7)45)34(55-35(46)20(2)3)40(10)26(25-14-15-50-19-25)16-31-42(40,41)56-31/h13-15,19-20,26-34H,16-18H2,1-12H3/b21-13+/t26-,27+,28-,29+,30+,31+,32+,33+,34-,38+,39-,40+,41+,42+/m0/s1. The second-order valence-corrected chi connectivity index (χ2v) is 17.5. The predicted molar refractivity (Wildman–Crippen MR) is 195 cm³/mol.